The highest BCUT2D eigenvalue weighted by Gasteiger charge is 2.55. The third kappa shape index (κ3) is 5.32. The minimum atomic E-state index is -3.16. The standard InChI is InChI=1S/C27H33Cl2N7O4S/c1-15(24-19(28)9-31-10-20(24)29)40-23-5-18-21(6-22(23)39-2)33-34-25(18)17-4-16(7-30)26(32-8-17)35-11-27(12-35)13-36(14-27)41(3,37)38/h4,8-10,15,18,21-23,25,33-34H,5-6,11-14H2,1-3H3/t15-,18?,21?,22?,23?,25?/m1/s1. The summed E-state index contributed by atoms with van der Waals surface area (Å²) < 4.78 is 37.4. The Bertz CT molecular complexity index is 1450. The van der Waals surface area contributed by atoms with Crippen LogP contribution in [0.25, 0.3) is 0 Å². The van der Waals surface area contributed by atoms with Crippen LogP contribution in [-0.2, 0) is 19.5 Å². The first-order valence-electron chi connectivity index (χ1n) is 13.6. The molecule has 220 valence electrons. The maximum Gasteiger partial charge on any atom is 0.211 e. The molecule has 6 rings (SSSR count). The molecule has 41 heavy (non-hydrogen) atoms. The van der Waals surface area contributed by atoms with E-state index in [9.17, 15) is 13.7 Å². The summed E-state index contributed by atoms with van der Waals surface area (Å²) in [6, 6.07) is 4.32. The Morgan fingerprint density at radius 2 is 1.83 bits per heavy atom. The van der Waals surface area contributed by atoms with Crippen molar-refractivity contribution in [3.63, 3.8) is 0 Å². The molecule has 0 radical (unpaired) electrons. The molecule has 0 aromatic carbocycles. The van der Waals surface area contributed by atoms with Crippen LogP contribution in [0, 0.1) is 22.7 Å². The van der Waals surface area contributed by atoms with Gasteiger partial charge in [0.25, 0.3) is 0 Å². The molecule has 1 spiro atoms. The number of hydrogen-bond acceptors (Lipinski definition) is 10. The Labute approximate surface area is 250 Å². The van der Waals surface area contributed by atoms with Crippen molar-refractivity contribution < 1.29 is 17.9 Å². The van der Waals surface area contributed by atoms with Gasteiger partial charge in [-0.15, -0.1) is 0 Å². The molecule has 2 aromatic heterocycles. The molecule has 3 aliphatic heterocycles. The van der Waals surface area contributed by atoms with Crippen molar-refractivity contribution in [2.45, 2.75) is 50.2 Å². The van der Waals surface area contributed by atoms with Crippen molar-refractivity contribution in [1.82, 2.24) is 25.1 Å². The predicted octanol–water partition coefficient (Wildman–Crippen LogP) is 2.83. The molecule has 0 amide bonds. The lowest BCUT2D eigenvalue weighted by Gasteiger charge is -2.59. The number of hydrogen-bond donors (Lipinski definition) is 2. The summed E-state index contributed by atoms with van der Waals surface area (Å²) in [6.07, 6.45) is 6.99. The maximum absolute atomic E-state index is 11.8. The number of fused-ring (bicyclic) bond motifs is 1. The van der Waals surface area contributed by atoms with E-state index in [0.29, 0.717) is 59.6 Å². The number of sulfonamides is 1. The molecule has 5 heterocycles. The molecule has 4 aliphatic rings. The van der Waals surface area contributed by atoms with Crippen molar-refractivity contribution in [2.24, 2.45) is 11.3 Å². The number of nitrogens with one attached hydrogen (secondary N) is 2. The molecule has 5 unspecified atom stereocenters. The number of pyridine rings is 2. The Hall–Kier alpha value is -2.08. The highest BCUT2D eigenvalue weighted by molar-refractivity contribution is 7.88. The lowest BCUT2D eigenvalue weighted by atomic mass is 9.74. The summed E-state index contributed by atoms with van der Waals surface area (Å²) in [4.78, 5) is 10.8. The summed E-state index contributed by atoms with van der Waals surface area (Å²) in [5, 5.41) is 10.9. The van der Waals surface area contributed by atoms with Crippen LogP contribution in [0.2, 0.25) is 10.0 Å². The second-order valence-corrected chi connectivity index (χ2v) is 14.6. The molecule has 4 fully saturated rings. The van der Waals surface area contributed by atoms with Crippen LogP contribution in [-0.4, -0.2) is 80.5 Å². The average Bonchev–Trinajstić information content (AvgIpc) is 3.28. The van der Waals surface area contributed by atoms with Gasteiger partial charge in [0.05, 0.1) is 46.2 Å². The number of ether oxygens (including phenoxy) is 2. The van der Waals surface area contributed by atoms with Crippen LogP contribution in [0.5, 0.6) is 0 Å². The smallest absolute Gasteiger partial charge is 0.211 e. The van der Waals surface area contributed by atoms with Gasteiger partial charge in [0, 0.05) is 68.9 Å². The molecule has 3 saturated heterocycles. The van der Waals surface area contributed by atoms with Gasteiger partial charge in [0.15, 0.2) is 0 Å². The minimum Gasteiger partial charge on any atom is -0.379 e. The van der Waals surface area contributed by atoms with Gasteiger partial charge < -0.3 is 14.4 Å². The number of halogens is 2. The van der Waals surface area contributed by atoms with Gasteiger partial charge in [0.2, 0.25) is 10.0 Å². The molecule has 0 bridgehead atoms. The van der Waals surface area contributed by atoms with Crippen LogP contribution in [0.15, 0.2) is 24.7 Å². The fraction of sp³-hybridized carbons (Fsp3) is 0.593. The van der Waals surface area contributed by atoms with E-state index in [2.05, 4.69) is 26.8 Å². The van der Waals surface area contributed by atoms with Crippen molar-refractivity contribution in [2.75, 3.05) is 44.4 Å². The van der Waals surface area contributed by atoms with Gasteiger partial charge in [-0.2, -0.15) is 5.26 Å². The summed E-state index contributed by atoms with van der Waals surface area (Å²) in [5.74, 6) is 0.817. The highest BCUT2D eigenvalue weighted by Crippen LogP contribution is 2.45. The number of anilines is 1. The zero-order chi connectivity index (χ0) is 29.1. The predicted molar refractivity (Wildman–Crippen MR) is 154 cm³/mol. The molecule has 1 saturated carbocycles. The first-order chi connectivity index (χ1) is 19.5. The van der Waals surface area contributed by atoms with Crippen molar-refractivity contribution >= 4 is 39.0 Å². The quantitative estimate of drug-likeness (QED) is 0.475. The number of aromatic nitrogens is 2. The first kappa shape index (κ1) is 29.0. The van der Waals surface area contributed by atoms with E-state index >= 15 is 0 Å². The zero-order valence-electron chi connectivity index (χ0n) is 23.0. The summed E-state index contributed by atoms with van der Waals surface area (Å²) in [6.45, 7) is 4.35. The SMILES string of the molecule is COC1CC2NNC(c3cnc(N4CC5(C4)CN(S(C)(=O)=O)C5)c(C#N)c3)C2CC1O[C@H](C)c1c(Cl)cncc1Cl. The zero-order valence-corrected chi connectivity index (χ0v) is 25.4. The van der Waals surface area contributed by atoms with Gasteiger partial charge in [-0.1, -0.05) is 23.2 Å². The molecule has 2 N–H and O–H groups in total. The van der Waals surface area contributed by atoms with Gasteiger partial charge in [-0.3, -0.25) is 10.4 Å². The number of rotatable bonds is 7. The van der Waals surface area contributed by atoms with E-state index in [1.54, 1.807) is 19.5 Å². The van der Waals surface area contributed by atoms with Crippen molar-refractivity contribution in [1.29, 1.82) is 5.26 Å². The minimum absolute atomic E-state index is 0.0445. The van der Waals surface area contributed by atoms with E-state index in [-0.39, 0.29) is 41.7 Å². The summed E-state index contributed by atoms with van der Waals surface area (Å²) in [5.41, 5.74) is 8.95. The van der Waals surface area contributed by atoms with Gasteiger partial charge in [-0.05, 0) is 37.3 Å². The number of nitrogens with zero attached hydrogens (tertiary/aromatic N) is 5. The van der Waals surface area contributed by atoms with E-state index in [0.717, 1.165) is 12.0 Å². The molecule has 6 atom stereocenters. The van der Waals surface area contributed by atoms with Crippen molar-refractivity contribution in [3.05, 3.63) is 51.4 Å². The molecule has 1 aliphatic carbocycles. The Morgan fingerprint density at radius 3 is 2.46 bits per heavy atom. The second-order valence-electron chi connectivity index (χ2n) is 11.8. The highest BCUT2D eigenvalue weighted by atomic mass is 35.5. The number of nitriles is 1. The van der Waals surface area contributed by atoms with E-state index < -0.39 is 10.0 Å². The van der Waals surface area contributed by atoms with Crippen LogP contribution >= 0.6 is 23.2 Å². The third-order valence-corrected chi connectivity index (χ3v) is 10.8. The number of hydrazine groups is 1. The summed E-state index contributed by atoms with van der Waals surface area (Å²) in [7, 11) is -1.47. The Balaban J connectivity index is 1.16. The third-order valence-electron chi connectivity index (χ3n) is 8.97. The van der Waals surface area contributed by atoms with Gasteiger partial charge >= 0.3 is 0 Å². The van der Waals surface area contributed by atoms with Crippen LogP contribution in [0.1, 0.15) is 48.6 Å². The summed E-state index contributed by atoms with van der Waals surface area (Å²) >= 11 is 12.8. The van der Waals surface area contributed by atoms with Crippen LogP contribution in [0.3, 0.4) is 0 Å². The Kier molecular flexibility index (Phi) is 7.70. The largest absolute Gasteiger partial charge is 0.379 e. The lowest BCUT2D eigenvalue weighted by molar-refractivity contribution is -0.117. The normalized spacial score (nSPS) is 29.9. The monoisotopic (exact) mass is 621 g/mol. The molecular formula is C27H33Cl2N7O4S. The first-order valence-corrected chi connectivity index (χ1v) is 16.2. The van der Waals surface area contributed by atoms with Crippen LogP contribution < -0.4 is 15.8 Å². The molecule has 14 heteroatoms. The fourth-order valence-electron chi connectivity index (χ4n) is 6.89. The van der Waals surface area contributed by atoms with Crippen molar-refractivity contribution in [3.8, 4) is 6.07 Å². The van der Waals surface area contributed by atoms with Gasteiger partial charge in [0.1, 0.15) is 11.9 Å². The Morgan fingerprint density at radius 1 is 1.12 bits per heavy atom. The topological polar surface area (TPSA) is 133 Å². The van der Waals surface area contributed by atoms with E-state index in [4.69, 9.17) is 37.7 Å². The fourth-order valence-corrected chi connectivity index (χ4v) is 8.58. The molecular weight excluding hydrogens is 589 g/mol. The molecule has 11 nitrogen and oxygen atoms in total. The molecule has 2 aromatic rings. The number of methoxy groups -OCH3 is 1. The average molecular weight is 623 g/mol. The second kappa shape index (κ2) is 10.9. The maximum atomic E-state index is 11.8. The van der Waals surface area contributed by atoms with E-state index in [1.807, 2.05) is 19.2 Å². The van der Waals surface area contributed by atoms with E-state index in [1.165, 1.54) is 10.6 Å². The van der Waals surface area contributed by atoms with Crippen LogP contribution in [0.4, 0.5) is 5.82 Å². The van der Waals surface area contributed by atoms with Gasteiger partial charge in [-0.25, -0.2) is 23.1 Å². The lowest BCUT2D eigenvalue weighted by Crippen LogP contribution is -2.73.